The predicted molar refractivity (Wildman–Crippen MR) is 57.5 cm³/mol. The molecule has 1 aliphatic heterocycles. The Morgan fingerprint density at radius 3 is 3.07 bits per heavy atom. The van der Waals surface area contributed by atoms with E-state index in [0.29, 0.717) is 0 Å². The molecule has 2 rings (SSSR count). The lowest BCUT2D eigenvalue weighted by Crippen LogP contribution is -2.21. The van der Waals surface area contributed by atoms with Crippen molar-refractivity contribution in [3.05, 3.63) is 41.6 Å². The van der Waals surface area contributed by atoms with E-state index in [2.05, 4.69) is 16.2 Å². The van der Waals surface area contributed by atoms with E-state index in [0.717, 1.165) is 12.1 Å². The van der Waals surface area contributed by atoms with Crippen LogP contribution in [-0.4, -0.2) is 16.4 Å². The number of nitrogens with zero attached hydrogens (tertiary/aromatic N) is 2. The van der Waals surface area contributed by atoms with Crippen LogP contribution in [0.4, 0.5) is 0 Å². The summed E-state index contributed by atoms with van der Waals surface area (Å²) >= 11 is 1.62. The zero-order valence-electron chi connectivity index (χ0n) is 7.50. The Bertz CT molecular complexity index is 354. The number of hydrogen-bond donors (Lipinski definition) is 1. The minimum Gasteiger partial charge on any atom is -0.411 e. The topological polar surface area (TPSA) is 45.5 Å². The van der Waals surface area contributed by atoms with Gasteiger partial charge in [0.1, 0.15) is 4.75 Å². The lowest BCUT2D eigenvalue weighted by Gasteiger charge is -2.21. The number of hydrogen-bond acceptors (Lipinski definition) is 4. The second-order valence-corrected chi connectivity index (χ2v) is 4.28. The third-order valence-corrected chi connectivity index (χ3v) is 3.39. The normalized spacial score (nSPS) is 26.0. The van der Waals surface area contributed by atoms with Crippen LogP contribution in [0.2, 0.25) is 0 Å². The molecule has 0 saturated carbocycles. The van der Waals surface area contributed by atoms with Gasteiger partial charge in [0.15, 0.2) is 0 Å². The molecule has 14 heavy (non-hydrogen) atoms. The van der Waals surface area contributed by atoms with Crippen molar-refractivity contribution in [2.75, 3.05) is 0 Å². The van der Waals surface area contributed by atoms with Gasteiger partial charge in [0, 0.05) is 6.20 Å². The molecule has 1 aromatic heterocycles. The van der Waals surface area contributed by atoms with Crippen LogP contribution < -0.4 is 0 Å². The number of oxime groups is 1. The van der Waals surface area contributed by atoms with E-state index in [-0.39, 0.29) is 4.75 Å². The largest absolute Gasteiger partial charge is 0.411 e. The second-order valence-electron chi connectivity index (χ2n) is 3.04. The van der Waals surface area contributed by atoms with Crippen molar-refractivity contribution in [2.24, 2.45) is 5.16 Å². The van der Waals surface area contributed by atoms with Crippen LogP contribution in [0.1, 0.15) is 12.1 Å². The molecule has 1 aromatic rings. The molecule has 0 spiro atoms. The Hall–Kier alpha value is -1.29. The van der Waals surface area contributed by atoms with Gasteiger partial charge in [-0.1, -0.05) is 12.1 Å². The van der Waals surface area contributed by atoms with Gasteiger partial charge >= 0.3 is 0 Å². The Kier molecular flexibility index (Phi) is 2.54. The minimum atomic E-state index is -0.310. The van der Waals surface area contributed by atoms with Crippen LogP contribution in [0.5, 0.6) is 0 Å². The zero-order chi connectivity index (χ0) is 9.86. The first-order valence-electron chi connectivity index (χ1n) is 4.30. The van der Waals surface area contributed by atoms with Crippen molar-refractivity contribution in [2.45, 2.75) is 11.2 Å². The first-order chi connectivity index (χ1) is 6.87. The molecule has 0 aromatic carbocycles. The standard InChI is InChI=1S/C10H10N2OS/c13-12-8-10(5-3-7-14-10)9-4-1-2-6-11-9/h1-4,6-8,13H,5H2/b12-8+. The van der Waals surface area contributed by atoms with Crippen LogP contribution in [0, 0.1) is 0 Å². The molecule has 1 atom stereocenters. The van der Waals surface area contributed by atoms with E-state index < -0.39 is 0 Å². The van der Waals surface area contributed by atoms with Gasteiger partial charge in [0.2, 0.25) is 0 Å². The lowest BCUT2D eigenvalue weighted by molar-refractivity contribution is 0.319. The van der Waals surface area contributed by atoms with Crippen molar-refractivity contribution < 1.29 is 5.21 Å². The van der Waals surface area contributed by atoms with Gasteiger partial charge < -0.3 is 5.21 Å². The highest BCUT2D eigenvalue weighted by Gasteiger charge is 2.33. The fraction of sp³-hybridized carbons (Fsp3) is 0.200. The van der Waals surface area contributed by atoms with Crippen LogP contribution in [0.15, 0.2) is 41.0 Å². The number of allylic oxidation sites excluding steroid dienone is 1. The number of thioether (sulfide) groups is 1. The highest BCUT2D eigenvalue weighted by atomic mass is 32.2. The molecule has 2 heterocycles. The highest BCUT2D eigenvalue weighted by Crippen LogP contribution is 2.42. The van der Waals surface area contributed by atoms with Crippen LogP contribution in [0.3, 0.4) is 0 Å². The molecule has 0 saturated heterocycles. The summed E-state index contributed by atoms with van der Waals surface area (Å²) in [6.07, 6.45) is 6.17. The highest BCUT2D eigenvalue weighted by molar-refractivity contribution is 8.03. The quantitative estimate of drug-likeness (QED) is 0.459. The van der Waals surface area contributed by atoms with Gasteiger partial charge in [-0.25, -0.2) is 0 Å². The number of rotatable bonds is 2. The number of pyridine rings is 1. The molecular weight excluding hydrogens is 196 g/mol. The SMILES string of the molecule is O/N=C/C1(c2ccccn2)CC=CS1. The molecule has 3 nitrogen and oxygen atoms in total. The van der Waals surface area contributed by atoms with Gasteiger partial charge in [-0.3, -0.25) is 4.98 Å². The fourth-order valence-electron chi connectivity index (χ4n) is 1.46. The molecule has 0 amide bonds. The molecule has 4 heteroatoms. The van der Waals surface area contributed by atoms with Gasteiger partial charge in [-0.15, -0.1) is 16.9 Å². The van der Waals surface area contributed by atoms with Crippen molar-refractivity contribution in [3.8, 4) is 0 Å². The summed E-state index contributed by atoms with van der Waals surface area (Å²) in [4.78, 5) is 4.29. The Morgan fingerprint density at radius 2 is 2.50 bits per heavy atom. The summed E-state index contributed by atoms with van der Waals surface area (Å²) in [6.45, 7) is 0. The van der Waals surface area contributed by atoms with Gasteiger partial charge in [-0.05, 0) is 24.0 Å². The molecule has 1 aliphatic rings. The first kappa shape index (κ1) is 9.27. The van der Waals surface area contributed by atoms with Crippen LogP contribution >= 0.6 is 11.8 Å². The summed E-state index contributed by atoms with van der Waals surface area (Å²) in [6, 6.07) is 5.76. The maximum atomic E-state index is 8.65. The van der Waals surface area contributed by atoms with Gasteiger partial charge in [-0.2, -0.15) is 0 Å². The molecule has 72 valence electrons. The van der Waals surface area contributed by atoms with Gasteiger partial charge in [0.25, 0.3) is 0 Å². The molecule has 1 unspecified atom stereocenters. The van der Waals surface area contributed by atoms with Crippen molar-refractivity contribution >= 4 is 18.0 Å². The van der Waals surface area contributed by atoms with Crippen molar-refractivity contribution in [3.63, 3.8) is 0 Å². The summed E-state index contributed by atoms with van der Waals surface area (Å²) in [5, 5.41) is 13.8. The summed E-state index contributed by atoms with van der Waals surface area (Å²) in [5.74, 6) is 0. The van der Waals surface area contributed by atoms with E-state index in [9.17, 15) is 0 Å². The Balaban J connectivity index is 2.37. The van der Waals surface area contributed by atoms with E-state index >= 15 is 0 Å². The monoisotopic (exact) mass is 206 g/mol. The molecule has 0 fully saturated rings. The van der Waals surface area contributed by atoms with Crippen LogP contribution in [0.25, 0.3) is 0 Å². The fourth-order valence-corrected chi connectivity index (χ4v) is 2.44. The third kappa shape index (κ3) is 1.53. The third-order valence-electron chi connectivity index (χ3n) is 2.16. The van der Waals surface area contributed by atoms with Crippen molar-refractivity contribution in [1.29, 1.82) is 0 Å². The smallest absolute Gasteiger partial charge is 0.104 e. The van der Waals surface area contributed by atoms with Gasteiger partial charge in [0.05, 0.1) is 11.9 Å². The molecule has 1 N–H and O–H groups in total. The molecular formula is C10H10N2OS. The summed E-state index contributed by atoms with van der Waals surface area (Å²) in [5.41, 5.74) is 0.924. The molecule has 0 radical (unpaired) electrons. The predicted octanol–water partition coefficient (Wildman–Crippen LogP) is 2.39. The van der Waals surface area contributed by atoms with Crippen LogP contribution in [-0.2, 0) is 4.75 Å². The van der Waals surface area contributed by atoms with Crippen molar-refractivity contribution in [1.82, 2.24) is 4.98 Å². The average molecular weight is 206 g/mol. The van der Waals surface area contributed by atoms with E-state index in [4.69, 9.17) is 5.21 Å². The van der Waals surface area contributed by atoms with E-state index in [1.54, 1.807) is 24.2 Å². The summed E-state index contributed by atoms with van der Waals surface area (Å²) in [7, 11) is 0. The molecule has 0 aliphatic carbocycles. The Labute approximate surface area is 86.5 Å². The minimum absolute atomic E-state index is 0.310. The second kappa shape index (κ2) is 3.84. The van der Waals surface area contributed by atoms with E-state index in [1.807, 2.05) is 23.6 Å². The maximum Gasteiger partial charge on any atom is 0.104 e. The molecule has 0 bridgehead atoms. The lowest BCUT2D eigenvalue weighted by atomic mass is 10.0. The summed E-state index contributed by atoms with van der Waals surface area (Å²) < 4.78 is -0.310. The Morgan fingerprint density at radius 1 is 1.57 bits per heavy atom. The maximum absolute atomic E-state index is 8.65. The number of aromatic nitrogens is 1. The average Bonchev–Trinajstić information content (AvgIpc) is 2.70. The van der Waals surface area contributed by atoms with E-state index in [1.165, 1.54) is 0 Å². The first-order valence-corrected chi connectivity index (χ1v) is 5.18. The zero-order valence-corrected chi connectivity index (χ0v) is 8.31.